The van der Waals surface area contributed by atoms with Crippen molar-refractivity contribution >= 4 is 5.91 Å². The number of aliphatic hydroxyl groups is 1. The van der Waals surface area contributed by atoms with E-state index in [-0.39, 0.29) is 18.1 Å². The van der Waals surface area contributed by atoms with Crippen LogP contribution in [-0.2, 0) is 9.53 Å². The van der Waals surface area contributed by atoms with E-state index in [0.29, 0.717) is 32.5 Å². The molecular weight excluding hydrogens is 182 g/mol. The van der Waals surface area contributed by atoms with Gasteiger partial charge < -0.3 is 14.7 Å². The zero-order valence-corrected chi connectivity index (χ0v) is 8.32. The molecule has 4 heteroatoms. The third kappa shape index (κ3) is 2.07. The number of amides is 1. The molecule has 0 aliphatic carbocycles. The summed E-state index contributed by atoms with van der Waals surface area (Å²) in [7, 11) is 0. The molecule has 80 valence electrons. The summed E-state index contributed by atoms with van der Waals surface area (Å²) < 4.78 is 5.34. The van der Waals surface area contributed by atoms with E-state index in [1.54, 1.807) is 0 Å². The molecule has 1 amide bonds. The minimum absolute atomic E-state index is 0.120. The number of hydrogen-bond donors (Lipinski definition) is 1. The van der Waals surface area contributed by atoms with Gasteiger partial charge in [0.15, 0.2) is 0 Å². The molecule has 0 aromatic rings. The summed E-state index contributed by atoms with van der Waals surface area (Å²) in [4.78, 5) is 13.6. The summed E-state index contributed by atoms with van der Waals surface area (Å²) in [6.45, 7) is 2.08. The van der Waals surface area contributed by atoms with Crippen LogP contribution in [0, 0.1) is 0 Å². The zero-order valence-electron chi connectivity index (χ0n) is 8.32. The van der Waals surface area contributed by atoms with Crippen LogP contribution >= 0.6 is 0 Å². The van der Waals surface area contributed by atoms with Crippen LogP contribution in [0.25, 0.3) is 0 Å². The SMILES string of the molecule is O=C(C1CCCO1)N1CCC(O)CC1. The van der Waals surface area contributed by atoms with Gasteiger partial charge in [-0.1, -0.05) is 0 Å². The Morgan fingerprint density at radius 3 is 2.57 bits per heavy atom. The lowest BCUT2D eigenvalue weighted by atomic mass is 10.1. The highest BCUT2D eigenvalue weighted by Crippen LogP contribution is 2.17. The first kappa shape index (κ1) is 9.93. The van der Waals surface area contributed by atoms with Crippen molar-refractivity contribution in [2.24, 2.45) is 0 Å². The second kappa shape index (κ2) is 4.28. The fourth-order valence-corrected chi connectivity index (χ4v) is 2.06. The molecule has 4 nitrogen and oxygen atoms in total. The Hall–Kier alpha value is -0.610. The Balaban J connectivity index is 1.85. The lowest BCUT2D eigenvalue weighted by Gasteiger charge is -2.31. The quantitative estimate of drug-likeness (QED) is 0.654. The summed E-state index contributed by atoms with van der Waals surface area (Å²) in [5.74, 6) is 0.120. The van der Waals surface area contributed by atoms with Crippen molar-refractivity contribution in [3.63, 3.8) is 0 Å². The second-order valence-corrected chi connectivity index (χ2v) is 4.06. The lowest BCUT2D eigenvalue weighted by Crippen LogP contribution is -2.44. The van der Waals surface area contributed by atoms with Gasteiger partial charge in [-0.2, -0.15) is 0 Å². The van der Waals surface area contributed by atoms with Gasteiger partial charge in [-0.25, -0.2) is 0 Å². The van der Waals surface area contributed by atoms with Crippen LogP contribution in [0.15, 0.2) is 0 Å². The zero-order chi connectivity index (χ0) is 9.97. The van der Waals surface area contributed by atoms with Crippen LogP contribution in [0.1, 0.15) is 25.7 Å². The topological polar surface area (TPSA) is 49.8 Å². The Labute approximate surface area is 83.8 Å². The molecular formula is C10H17NO3. The van der Waals surface area contributed by atoms with Crippen molar-refractivity contribution in [2.45, 2.75) is 37.9 Å². The molecule has 1 N–H and O–H groups in total. The van der Waals surface area contributed by atoms with Crippen molar-refractivity contribution < 1.29 is 14.6 Å². The maximum Gasteiger partial charge on any atom is 0.251 e. The third-order valence-corrected chi connectivity index (χ3v) is 2.98. The molecule has 0 radical (unpaired) electrons. The Morgan fingerprint density at radius 2 is 2.00 bits per heavy atom. The Bertz CT molecular complexity index is 205. The first-order valence-corrected chi connectivity index (χ1v) is 5.36. The minimum Gasteiger partial charge on any atom is -0.393 e. The van der Waals surface area contributed by atoms with Gasteiger partial charge in [0, 0.05) is 19.7 Å². The molecule has 2 saturated heterocycles. The highest BCUT2D eigenvalue weighted by molar-refractivity contribution is 5.81. The molecule has 0 spiro atoms. The smallest absolute Gasteiger partial charge is 0.251 e. The van der Waals surface area contributed by atoms with Gasteiger partial charge in [-0.3, -0.25) is 4.79 Å². The molecule has 2 rings (SSSR count). The van der Waals surface area contributed by atoms with E-state index in [4.69, 9.17) is 4.74 Å². The van der Waals surface area contributed by atoms with Crippen molar-refractivity contribution in [1.29, 1.82) is 0 Å². The van der Waals surface area contributed by atoms with E-state index in [9.17, 15) is 9.90 Å². The number of carbonyl (C=O) groups excluding carboxylic acids is 1. The molecule has 14 heavy (non-hydrogen) atoms. The van der Waals surface area contributed by atoms with Crippen LogP contribution < -0.4 is 0 Å². The molecule has 0 bridgehead atoms. The van der Waals surface area contributed by atoms with Gasteiger partial charge >= 0.3 is 0 Å². The van der Waals surface area contributed by atoms with Crippen molar-refractivity contribution in [3.8, 4) is 0 Å². The van der Waals surface area contributed by atoms with E-state index < -0.39 is 0 Å². The number of rotatable bonds is 1. The van der Waals surface area contributed by atoms with Crippen molar-refractivity contribution in [2.75, 3.05) is 19.7 Å². The molecule has 1 unspecified atom stereocenters. The largest absolute Gasteiger partial charge is 0.393 e. The summed E-state index contributed by atoms with van der Waals surface area (Å²) in [6.07, 6.45) is 2.84. The molecule has 2 aliphatic heterocycles. The third-order valence-electron chi connectivity index (χ3n) is 2.98. The lowest BCUT2D eigenvalue weighted by molar-refractivity contribution is -0.142. The van der Waals surface area contributed by atoms with Gasteiger partial charge in [-0.15, -0.1) is 0 Å². The number of carbonyl (C=O) groups is 1. The van der Waals surface area contributed by atoms with Crippen LogP contribution in [0.4, 0.5) is 0 Å². The van der Waals surface area contributed by atoms with Gasteiger partial charge in [0.05, 0.1) is 6.10 Å². The molecule has 2 aliphatic rings. The van der Waals surface area contributed by atoms with Crippen molar-refractivity contribution in [1.82, 2.24) is 4.90 Å². The first-order valence-electron chi connectivity index (χ1n) is 5.36. The van der Waals surface area contributed by atoms with Gasteiger partial charge in [0.1, 0.15) is 6.10 Å². The van der Waals surface area contributed by atoms with Crippen molar-refractivity contribution in [3.05, 3.63) is 0 Å². The van der Waals surface area contributed by atoms with Gasteiger partial charge in [0.25, 0.3) is 5.91 Å². The van der Waals surface area contributed by atoms with Gasteiger partial charge in [-0.05, 0) is 25.7 Å². The Kier molecular flexibility index (Phi) is 3.03. The molecule has 0 aromatic heterocycles. The number of piperidine rings is 1. The molecule has 2 heterocycles. The average molecular weight is 199 g/mol. The predicted molar refractivity (Wildman–Crippen MR) is 50.8 cm³/mol. The Morgan fingerprint density at radius 1 is 1.29 bits per heavy atom. The summed E-state index contributed by atoms with van der Waals surface area (Å²) >= 11 is 0. The van der Waals surface area contributed by atoms with E-state index in [1.165, 1.54) is 0 Å². The van der Waals surface area contributed by atoms with Crippen LogP contribution in [-0.4, -0.2) is 47.8 Å². The number of ether oxygens (including phenoxy) is 1. The summed E-state index contributed by atoms with van der Waals surface area (Å²) in [6, 6.07) is 0. The van der Waals surface area contributed by atoms with E-state index in [0.717, 1.165) is 12.8 Å². The molecule has 0 saturated carbocycles. The summed E-state index contributed by atoms with van der Waals surface area (Å²) in [5, 5.41) is 9.30. The van der Waals surface area contributed by atoms with Gasteiger partial charge in [0.2, 0.25) is 0 Å². The maximum absolute atomic E-state index is 11.8. The molecule has 1 atom stereocenters. The summed E-state index contributed by atoms with van der Waals surface area (Å²) in [5.41, 5.74) is 0. The van der Waals surface area contributed by atoms with E-state index >= 15 is 0 Å². The standard InChI is InChI=1S/C10H17NO3/c12-8-3-5-11(6-4-8)10(13)9-2-1-7-14-9/h8-9,12H,1-7H2. The highest BCUT2D eigenvalue weighted by Gasteiger charge is 2.30. The van der Waals surface area contributed by atoms with Crippen LogP contribution in [0.5, 0.6) is 0 Å². The highest BCUT2D eigenvalue weighted by atomic mass is 16.5. The fraction of sp³-hybridized carbons (Fsp3) is 0.900. The number of hydrogen-bond acceptors (Lipinski definition) is 3. The molecule has 0 aromatic carbocycles. The average Bonchev–Trinajstić information content (AvgIpc) is 2.71. The monoisotopic (exact) mass is 199 g/mol. The minimum atomic E-state index is -0.219. The normalized spacial score (nSPS) is 29.5. The second-order valence-electron chi connectivity index (χ2n) is 4.06. The number of likely N-dealkylation sites (tertiary alicyclic amines) is 1. The fourth-order valence-electron chi connectivity index (χ4n) is 2.06. The first-order chi connectivity index (χ1) is 6.77. The molecule has 2 fully saturated rings. The van der Waals surface area contributed by atoms with Crippen LogP contribution in [0.2, 0.25) is 0 Å². The number of nitrogens with zero attached hydrogens (tertiary/aromatic N) is 1. The predicted octanol–water partition coefficient (Wildman–Crippen LogP) is 0.149. The number of aliphatic hydroxyl groups excluding tert-OH is 1. The van der Waals surface area contributed by atoms with E-state index in [1.807, 2.05) is 4.90 Å². The maximum atomic E-state index is 11.8. The van der Waals surface area contributed by atoms with E-state index in [2.05, 4.69) is 0 Å². The van der Waals surface area contributed by atoms with Crippen LogP contribution in [0.3, 0.4) is 0 Å².